The predicted octanol–water partition coefficient (Wildman–Crippen LogP) is 1.43. The normalized spacial score (nSPS) is 20.5. The van der Waals surface area contributed by atoms with Crippen LogP contribution in [0.15, 0.2) is 39.9 Å². The van der Waals surface area contributed by atoms with E-state index in [-0.39, 0.29) is 23.6 Å². The minimum Gasteiger partial charge on any atom is -0.361 e. The quantitative estimate of drug-likeness (QED) is 0.668. The summed E-state index contributed by atoms with van der Waals surface area (Å²) < 4.78 is 8.65. The molecule has 162 valence electrons. The van der Waals surface area contributed by atoms with E-state index in [1.807, 2.05) is 34.8 Å². The van der Waals surface area contributed by atoms with Crippen LogP contribution in [0.2, 0.25) is 0 Å². The number of carbonyl (C=O) groups is 1. The van der Waals surface area contributed by atoms with Crippen LogP contribution in [0.5, 0.6) is 0 Å². The van der Waals surface area contributed by atoms with Crippen molar-refractivity contribution < 1.29 is 9.32 Å². The Hall–Kier alpha value is -3.20. The van der Waals surface area contributed by atoms with Gasteiger partial charge in [-0.3, -0.25) is 19.2 Å². The first kappa shape index (κ1) is 19.7. The van der Waals surface area contributed by atoms with Crippen molar-refractivity contribution in [1.29, 1.82) is 0 Å². The van der Waals surface area contributed by atoms with Crippen molar-refractivity contribution in [1.82, 2.24) is 29.7 Å². The van der Waals surface area contributed by atoms with E-state index in [1.54, 1.807) is 19.1 Å². The van der Waals surface area contributed by atoms with Crippen molar-refractivity contribution in [2.24, 2.45) is 13.0 Å². The highest BCUT2D eigenvalue weighted by Gasteiger charge is 2.35. The van der Waals surface area contributed by atoms with E-state index < -0.39 is 0 Å². The smallest absolute Gasteiger partial charge is 0.263 e. The van der Waals surface area contributed by atoms with E-state index in [0.717, 1.165) is 31.7 Å². The molecule has 2 aliphatic rings. The number of aromatic nitrogens is 4. The van der Waals surface area contributed by atoms with Gasteiger partial charge in [-0.15, -0.1) is 0 Å². The van der Waals surface area contributed by atoms with E-state index in [2.05, 4.69) is 20.5 Å². The fourth-order valence-corrected chi connectivity index (χ4v) is 4.93. The van der Waals surface area contributed by atoms with Gasteiger partial charge in [0.1, 0.15) is 17.0 Å². The zero-order valence-electron chi connectivity index (χ0n) is 17.7. The van der Waals surface area contributed by atoms with Crippen LogP contribution in [-0.2, 0) is 26.7 Å². The summed E-state index contributed by atoms with van der Waals surface area (Å²) in [5.41, 5.74) is 2.83. The first-order valence-corrected chi connectivity index (χ1v) is 10.6. The van der Waals surface area contributed by atoms with Crippen molar-refractivity contribution in [3.63, 3.8) is 0 Å². The average molecular weight is 422 g/mol. The molecule has 0 saturated carbocycles. The van der Waals surface area contributed by atoms with Gasteiger partial charge in [-0.1, -0.05) is 5.16 Å². The Kier molecular flexibility index (Phi) is 4.97. The summed E-state index contributed by atoms with van der Waals surface area (Å²) in [4.78, 5) is 28.2. The number of rotatable bonds is 5. The molecule has 3 aromatic heterocycles. The molecule has 1 N–H and O–H groups in total. The molecule has 2 bridgehead atoms. The van der Waals surface area contributed by atoms with Crippen LogP contribution in [-0.4, -0.2) is 43.4 Å². The number of amides is 1. The van der Waals surface area contributed by atoms with Crippen molar-refractivity contribution in [2.45, 2.75) is 38.9 Å². The summed E-state index contributed by atoms with van der Waals surface area (Å²) in [6.07, 6.45) is 5.04. The maximum atomic E-state index is 13.1. The van der Waals surface area contributed by atoms with Gasteiger partial charge < -0.3 is 14.4 Å². The first-order chi connectivity index (χ1) is 15.0. The second kappa shape index (κ2) is 7.81. The van der Waals surface area contributed by atoms with Gasteiger partial charge in [-0.05, 0) is 31.4 Å². The lowest BCUT2D eigenvalue weighted by atomic mass is 9.83. The molecule has 9 heteroatoms. The van der Waals surface area contributed by atoms with E-state index in [1.165, 1.54) is 5.56 Å². The van der Waals surface area contributed by atoms with Gasteiger partial charge in [0.25, 0.3) is 11.5 Å². The lowest BCUT2D eigenvalue weighted by Crippen LogP contribution is -2.47. The van der Waals surface area contributed by atoms with Gasteiger partial charge in [0.2, 0.25) is 0 Å². The molecule has 31 heavy (non-hydrogen) atoms. The Balaban J connectivity index is 1.32. The van der Waals surface area contributed by atoms with Crippen LogP contribution >= 0.6 is 0 Å². The molecule has 2 aliphatic heterocycles. The van der Waals surface area contributed by atoms with Gasteiger partial charge in [-0.2, -0.15) is 5.10 Å². The van der Waals surface area contributed by atoms with Crippen molar-refractivity contribution in [3.05, 3.63) is 69.2 Å². The third-order valence-electron chi connectivity index (χ3n) is 6.20. The van der Waals surface area contributed by atoms with E-state index >= 15 is 0 Å². The number of hydrogen-bond donors (Lipinski definition) is 1. The molecule has 0 aliphatic carbocycles. The SMILES string of the molecule is Cc1cc(CNC(=O)c2ccc3n(c2=O)C[C@H]2C[C@@H]3CN(Cc3cnn(C)c3)C2)no1. The van der Waals surface area contributed by atoms with Gasteiger partial charge in [0, 0.05) is 62.7 Å². The van der Waals surface area contributed by atoms with Gasteiger partial charge >= 0.3 is 0 Å². The Morgan fingerprint density at radius 1 is 1.29 bits per heavy atom. The number of likely N-dealkylation sites (tertiary alicyclic amines) is 1. The van der Waals surface area contributed by atoms with Crippen LogP contribution in [0.25, 0.3) is 0 Å². The average Bonchev–Trinajstić information content (AvgIpc) is 3.34. The number of aryl methyl sites for hydroxylation is 2. The number of nitrogens with zero attached hydrogens (tertiary/aromatic N) is 5. The van der Waals surface area contributed by atoms with Gasteiger partial charge in [-0.25, -0.2) is 0 Å². The first-order valence-electron chi connectivity index (χ1n) is 10.6. The van der Waals surface area contributed by atoms with E-state index in [0.29, 0.717) is 29.8 Å². The molecule has 1 amide bonds. The van der Waals surface area contributed by atoms with Crippen molar-refractivity contribution in [2.75, 3.05) is 13.1 Å². The van der Waals surface area contributed by atoms with E-state index in [9.17, 15) is 9.59 Å². The second-order valence-electron chi connectivity index (χ2n) is 8.71. The summed E-state index contributed by atoms with van der Waals surface area (Å²) in [6.45, 7) is 5.39. The third kappa shape index (κ3) is 3.93. The fraction of sp³-hybridized carbons (Fsp3) is 0.455. The lowest BCUT2D eigenvalue weighted by Gasteiger charge is -2.42. The number of nitrogens with one attached hydrogen (secondary N) is 1. The number of pyridine rings is 1. The maximum absolute atomic E-state index is 13.1. The highest BCUT2D eigenvalue weighted by Crippen LogP contribution is 2.35. The largest absolute Gasteiger partial charge is 0.361 e. The Morgan fingerprint density at radius 3 is 2.90 bits per heavy atom. The molecule has 0 spiro atoms. The molecule has 0 unspecified atom stereocenters. The highest BCUT2D eigenvalue weighted by molar-refractivity contribution is 5.93. The summed E-state index contributed by atoms with van der Waals surface area (Å²) in [6, 6.07) is 5.38. The minimum absolute atomic E-state index is 0.177. The van der Waals surface area contributed by atoms with Gasteiger partial charge in [0.15, 0.2) is 0 Å². The zero-order chi connectivity index (χ0) is 21.5. The molecule has 9 nitrogen and oxygen atoms in total. The molecule has 1 fully saturated rings. The predicted molar refractivity (Wildman–Crippen MR) is 112 cm³/mol. The molecule has 1 saturated heterocycles. The number of hydrogen-bond acceptors (Lipinski definition) is 6. The van der Waals surface area contributed by atoms with Crippen molar-refractivity contribution in [3.8, 4) is 0 Å². The molecule has 0 aromatic carbocycles. The fourth-order valence-electron chi connectivity index (χ4n) is 4.93. The summed E-state index contributed by atoms with van der Waals surface area (Å²) >= 11 is 0. The molecular formula is C22H26N6O3. The third-order valence-corrected chi connectivity index (χ3v) is 6.20. The van der Waals surface area contributed by atoms with Crippen LogP contribution in [0, 0.1) is 12.8 Å². The molecule has 5 heterocycles. The number of carbonyl (C=O) groups excluding carboxylic acids is 1. The summed E-state index contributed by atoms with van der Waals surface area (Å²) in [7, 11) is 1.93. The maximum Gasteiger partial charge on any atom is 0.263 e. The van der Waals surface area contributed by atoms with E-state index in [4.69, 9.17) is 4.52 Å². The van der Waals surface area contributed by atoms with Crippen LogP contribution in [0.1, 0.15) is 45.4 Å². The molecule has 3 aromatic rings. The second-order valence-corrected chi connectivity index (χ2v) is 8.71. The summed E-state index contributed by atoms with van der Waals surface area (Å²) in [5.74, 6) is 1.00. The standard InChI is InChI=1S/C22H26N6O3/c1-14-5-18(25-31-14)8-23-21(29)19-3-4-20-17-6-15(12-28(20)22(19)30)10-27(13-17)11-16-7-24-26(2)9-16/h3-5,7,9,15,17H,6,8,10-13H2,1-2H3,(H,23,29)/t15-,17+/m0/s1. The Morgan fingerprint density at radius 2 is 2.16 bits per heavy atom. The summed E-state index contributed by atoms with van der Waals surface area (Å²) in [5, 5.41) is 10.9. The van der Waals surface area contributed by atoms with Crippen LogP contribution in [0.3, 0.4) is 0 Å². The topological polar surface area (TPSA) is 98.2 Å². The Labute approximate surface area is 179 Å². The molecule has 2 atom stereocenters. The monoisotopic (exact) mass is 422 g/mol. The van der Waals surface area contributed by atoms with Gasteiger partial charge in [0.05, 0.1) is 12.7 Å². The lowest BCUT2D eigenvalue weighted by molar-refractivity contribution is 0.0943. The molecular weight excluding hydrogens is 396 g/mol. The molecule has 5 rings (SSSR count). The Bertz CT molecular complexity index is 1180. The van der Waals surface area contributed by atoms with Crippen LogP contribution in [0.4, 0.5) is 0 Å². The molecule has 0 radical (unpaired) electrons. The zero-order valence-corrected chi connectivity index (χ0v) is 17.7. The number of piperidine rings is 1. The number of fused-ring (bicyclic) bond motifs is 4. The van der Waals surface area contributed by atoms with Crippen molar-refractivity contribution >= 4 is 5.91 Å². The highest BCUT2D eigenvalue weighted by atomic mass is 16.5. The minimum atomic E-state index is -0.380. The van der Waals surface area contributed by atoms with Crippen LogP contribution < -0.4 is 10.9 Å².